The number of rotatable bonds is 4. The lowest BCUT2D eigenvalue weighted by molar-refractivity contribution is 0.482. The van der Waals surface area contributed by atoms with Crippen LogP contribution < -0.4 is 10.4 Å². The summed E-state index contributed by atoms with van der Waals surface area (Å²) in [6.07, 6.45) is 0.407. The number of halogens is 1. The van der Waals surface area contributed by atoms with Gasteiger partial charge in [0.15, 0.2) is 0 Å². The van der Waals surface area contributed by atoms with Crippen molar-refractivity contribution in [3.05, 3.63) is 74.4 Å². The van der Waals surface area contributed by atoms with Crippen molar-refractivity contribution in [3.63, 3.8) is 0 Å². The van der Waals surface area contributed by atoms with Gasteiger partial charge in [0.2, 0.25) is 0 Å². The van der Waals surface area contributed by atoms with Crippen LogP contribution in [0, 0.1) is 22.7 Å². The minimum absolute atomic E-state index is 0.289. The Bertz CT molecular complexity index is 1090. The third kappa shape index (κ3) is 3.59. The van der Waals surface area contributed by atoms with E-state index in [0.29, 0.717) is 39.9 Å². The highest BCUT2D eigenvalue weighted by molar-refractivity contribution is 6.32. The maximum atomic E-state index is 11.5. The third-order valence-corrected chi connectivity index (χ3v) is 4.04. The van der Waals surface area contributed by atoms with E-state index in [1.54, 1.807) is 25.2 Å². The fraction of sp³-hybridized carbons (Fsp3) is 0.111. The van der Waals surface area contributed by atoms with Gasteiger partial charge in [0.1, 0.15) is 17.3 Å². The first-order chi connectivity index (χ1) is 12.5. The monoisotopic (exact) mass is 365 g/mol. The molecule has 2 aromatic carbocycles. The van der Waals surface area contributed by atoms with Gasteiger partial charge in [-0.05, 0) is 35.9 Å². The minimum atomic E-state index is -0.289. The first-order valence-electron chi connectivity index (χ1n) is 7.52. The summed E-state index contributed by atoms with van der Waals surface area (Å²) >= 11 is 6.20. The van der Waals surface area contributed by atoms with Crippen LogP contribution >= 0.6 is 11.6 Å². The van der Waals surface area contributed by atoms with E-state index >= 15 is 0 Å². The SMILES string of the molecule is Cn1c(Cc2ccc(Cl)c(Oc3cc(C#N)cc(C#N)c3)c2)n[nH]c1=O. The number of ether oxygens (including phenoxy) is 1. The quantitative estimate of drug-likeness (QED) is 0.764. The molecule has 0 saturated carbocycles. The molecule has 26 heavy (non-hydrogen) atoms. The normalized spacial score (nSPS) is 10.2. The molecule has 1 N–H and O–H groups in total. The summed E-state index contributed by atoms with van der Waals surface area (Å²) in [7, 11) is 1.63. The number of aromatic nitrogens is 3. The fourth-order valence-electron chi connectivity index (χ4n) is 2.37. The van der Waals surface area contributed by atoms with Crippen LogP contribution in [0.1, 0.15) is 22.5 Å². The lowest BCUT2D eigenvalue weighted by atomic mass is 10.1. The lowest BCUT2D eigenvalue weighted by Gasteiger charge is -2.10. The van der Waals surface area contributed by atoms with Crippen molar-refractivity contribution >= 4 is 11.6 Å². The standard InChI is InChI=1S/C18H12ClN5O2/c1-24-17(22-23-18(24)25)8-11-2-3-15(19)16(7-11)26-14-5-12(9-20)4-13(6-14)10-21/h2-7H,8H2,1H3,(H,23,25). The summed E-state index contributed by atoms with van der Waals surface area (Å²) in [5, 5.41) is 24.9. The van der Waals surface area contributed by atoms with E-state index in [-0.39, 0.29) is 5.69 Å². The Labute approximate surface area is 153 Å². The number of aromatic amines is 1. The van der Waals surface area contributed by atoms with Gasteiger partial charge in [-0.1, -0.05) is 17.7 Å². The Hall–Kier alpha value is -3.55. The Balaban J connectivity index is 1.92. The topological polar surface area (TPSA) is 107 Å². The maximum absolute atomic E-state index is 11.5. The fourth-order valence-corrected chi connectivity index (χ4v) is 2.53. The van der Waals surface area contributed by atoms with Crippen LogP contribution in [-0.2, 0) is 13.5 Å². The summed E-state index contributed by atoms with van der Waals surface area (Å²) in [4.78, 5) is 11.5. The molecular formula is C18H12ClN5O2. The molecule has 0 radical (unpaired) electrons. The summed E-state index contributed by atoms with van der Waals surface area (Å²) in [5.74, 6) is 1.29. The third-order valence-electron chi connectivity index (χ3n) is 3.72. The zero-order valence-corrected chi connectivity index (χ0v) is 14.4. The molecule has 0 aliphatic carbocycles. The first-order valence-corrected chi connectivity index (χ1v) is 7.90. The van der Waals surface area contributed by atoms with Crippen LogP contribution in [0.25, 0.3) is 0 Å². The van der Waals surface area contributed by atoms with Crippen molar-refractivity contribution in [1.29, 1.82) is 10.5 Å². The van der Waals surface area contributed by atoms with Crippen molar-refractivity contribution in [2.75, 3.05) is 0 Å². The highest BCUT2D eigenvalue weighted by atomic mass is 35.5. The number of nitrogens with zero attached hydrogens (tertiary/aromatic N) is 4. The summed E-state index contributed by atoms with van der Waals surface area (Å²) in [5.41, 5.74) is 1.18. The second-order valence-electron chi connectivity index (χ2n) is 5.52. The highest BCUT2D eigenvalue weighted by Crippen LogP contribution is 2.31. The highest BCUT2D eigenvalue weighted by Gasteiger charge is 2.10. The smallest absolute Gasteiger partial charge is 0.343 e. The summed E-state index contributed by atoms with van der Waals surface area (Å²) < 4.78 is 7.20. The molecule has 7 nitrogen and oxygen atoms in total. The molecule has 1 heterocycles. The van der Waals surface area contributed by atoms with Crippen LogP contribution in [0.3, 0.4) is 0 Å². The molecule has 0 fully saturated rings. The van der Waals surface area contributed by atoms with Crippen molar-refractivity contribution in [2.45, 2.75) is 6.42 Å². The van der Waals surface area contributed by atoms with Gasteiger partial charge in [-0.25, -0.2) is 9.89 Å². The van der Waals surface area contributed by atoms with Crippen molar-refractivity contribution in [1.82, 2.24) is 14.8 Å². The van der Waals surface area contributed by atoms with Gasteiger partial charge in [0.05, 0.1) is 28.3 Å². The zero-order valence-electron chi connectivity index (χ0n) is 13.7. The van der Waals surface area contributed by atoms with E-state index in [1.807, 2.05) is 12.1 Å². The lowest BCUT2D eigenvalue weighted by Crippen LogP contribution is -2.14. The molecule has 3 rings (SSSR count). The molecule has 0 aliphatic rings. The number of nitriles is 2. The number of hydrogen-bond donors (Lipinski definition) is 1. The van der Waals surface area contributed by atoms with E-state index in [4.69, 9.17) is 26.9 Å². The molecule has 3 aromatic rings. The van der Waals surface area contributed by atoms with E-state index in [2.05, 4.69) is 10.2 Å². The largest absolute Gasteiger partial charge is 0.456 e. The Morgan fingerprint density at radius 3 is 2.46 bits per heavy atom. The average molecular weight is 366 g/mol. The zero-order chi connectivity index (χ0) is 18.7. The Morgan fingerprint density at radius 2 is 1.88 bits per heavy atom. The summed E-state index contributed by atoms with van der Waals surface area (Å²) in [6, 6.07) is 13.7. The van der Waals surface area contributed by atoms with E-state index in [0.717, 1.165) is 5.56 Å². The molecule has 0 unspecified atom stereocenters. The van der Waals surface area contributed by atoms with Crippen LogP contribution in [0.5, 0.6) is 11.5 Å². The molecule has 8 heteroatoms. The predicted octanol–water partition coefficient (Wildman–Crippen LogP) is 2.89. The van der Waals surface area contributed by atoms with Gasteiger partial charge in [-0.2, -0.15) is 15.6 Å². The van der Waals surface area contributed by atoms with Crippen LogP contribution in [0.2, 0.25) is 5.02 Å². The van der Waals surface area contributed by atoms with Gasteiger partial charge < -0.3 is 4.74 Å². The van der Waals surface area contributed by atoms with Crippen LogP contribution in [0.4, 0.5) is 0 Å². The van der Waals surface area contributed by atoms with Crippen LogP contribution in [-0.4, -0.2) is 14.8 Å². The molecule has 128 valence electrons. The van der Waals surface area contributed by atoms with Crippen molar-refractivity contribution in [2.24, 2.45) is 7.05 Å². The first kappa shape index (κ1) is 17.3. The van der Waals surface area contributed by atoms with Gasteiger partial charge in [0, 0.05) is 13.5 Å². The van der Waals surface area contributed by atoms with Gasteiger partial charge in [-0.3, -0.25) is 4.57 Å². The molecule has 0 amide bonds. The van der Waals surface area contributed by atoms with Gasteiger partial charge in [0.25, 0.3) is 0 Å². The molecule has 0 aliphatic heterocycles. The molecule has 0 atom stereocenters. The molecule has 0 spiro atoms. The predicted molar refractivity (Wildman–Crippen MR) is 94.0 cm³/mol. The second kappa shape index (κ2) is 7.14. The molecule has 0 saturated heterocycles. The second-order valence-corrected chi connectivity index (χ2v) is 5.92. The molecular weight excluding hydrogens is 354 g/mol. The Kier molecular flexibility index (Phi) is 4.74. The van der Waals surface area contributed by atoms with Crippen LogP contribution in [0.15, 0.2) is 41.2 Å². The average Bonchev–Trinajstić information content (AvgIpc) is 2.96. The molecule has 0 bridgehead atoms. The minimum Gasteiger partial charge on any atom is -0.456 e. The van der Waals surface area contributed by atoms with E-state index in [9.17, 15) is 4.79 Å². The maximum Gasteiger partial charge on any atom is 0.343 e. The van der Waals surface area contributed by atoms with Crippen molar-refractivity contribution in [3.8, 4) is 23.6 Å². The Morgan fingerprint density at radius 1 is 1.19 bits per heavy atom. The summed E-state index contributed by atoms with van der Waals surface area (Å²) in [6.45, 7) is 0. The van der Waals surface area contributed by atoms with Gasteiger partial charge >= 0.3 is 5.69 Å². The van der Waals surface area contributed by atoms with E-state index in [1.165, 1.54) is 22.8 Å². The number of benzene rings is 2. The van der Waals surface area contributed by atoms with E-state index < -0.39 is 0 Å². The van der Waals surface area contributed by atoms with Gasteiger partial charge in [-0.15, -0.1) is 0 Å². The van der Waals surface area contributed by atoms with Crippen molar-refractivity contribution < 1.29 is 4.74 Å². The number of hydrogen-bond acceptors (Lipinski definition) is 5. The number of nitrogens with one attached hydrogen (secondary N) is 1. The molecule has 1 aromatic heterocycles. The number of H-pyrrole nitrogens is 1.